The lowest BCUT2D eigenvalue weighted by molar-refractivity contribution is -0.126. The van der Waals surface area contributed by atoms with Crippen molar-refractivity contribution in [2.24, 2.45) is 5.92 Å². The number of fused-ring (bicyclic) bond motifs is 1. The summed E-state index contributed by atoms with van der Waals surface area (Å²) in [5.74, 6) is 1.87. The number of aromatic nitrogens is 2. The minimum absolute atomic E-state index is 0.115. The van der Waals surface area contributed by atoms with Crippen LogP contribution in [0.2, 0.25) is 0 Å². The summed E-state index contributed by atoms with van der Waals surface area (Å²) in [6.45, 7) is 10.5. The van der Waals surface area contributed by atoms with E-state index in [0.717, 1.165) is 61.4 Å². The molecule has 1 aromatic heterocycles. The van der Waals surface area contributed by atoms with Crippen molar-refractivity contribution in [3.8, 4) is 5.69 Å². The second-order valence-electron chi connectivity index (χ2n) is 10.7. The number of aryl methyl sites for hydroxylation is 2. The zero-order chi connectivity index (χ0) is 23.8. The molecular weight excluding hydrogens is 420 g/mol. The molecule has 1 saturated heterocycles. The number of hydrogen-bond donors (Lipinski definition) is 1. The lowest BCUT2D eigenvalue weighted by atomic mass is 9.95. The number of benzene rings is 2. The van der Waals surface area contributed by atoms with Crippen molar-refractivity contribution >= 4 is 22.9 Å². The second kappa shape index (κ2) is 9.44. The Bertz CT molecular complexity index is 1160. The van der Waals surface area contributed by atoms with Gasteiger partial charge in [0.2, 0.25) is 11.9 Å². The number of hydrogen-bond acceptors (Lipinski definition) is 3. The predicted molar refractivity (Wildman–Crippen MR) is 140 cm³/mol. The zero-order valence-electron chi connectivity index (χ0n) is 21.1. The predicted octanol–water partition coefficient (Wildman–Crippen LogP) is 6.04. The normalized spacial score (nSPS) is 17.7. The summed E-state index contributed by atoms with van der Waals surface area (Å²) in [6.07, 6.45) is 6.54. The molecule has 180 valence electrons. The van der Waals surface area contributed by atoms with Gasteiger partial charge in [-0.05, 0) is 86.4 Å². The summed E-state index contributed by atoms with van der Waals surface area (Å²) < 4.78 is 2.31. The third-order valence-corrected chi connectivity index (χ3v) is 7.92. The summed E-state index contributed by atoms with van der Waals surface area (Å²) in [4.78, 5) is 20.3. The Kier molecular flexibility index (Phi) is 6.37. The van der Waals surface area contributed by atoms with Crippen LogP contribution in [0.3, 0.4) is 0 Å². The number of carbonyl (C=O) groups excluding carboxylic acids is 1. The van der Waals surface area contributed by atoms with Crippen molar-refractivity contribution in [3.05, 3.63) is 53.1 Å². The van der Waals surface area contributed by atoms with Gasteiger partial charge >= 0.3 is 0 Å². The van der Waals surface area contributed by atoms with Gasteiger partial charge in [-0.2, -0.15) is 0 Å². The highest BCUT2D eigenvalue weighted by molar-refractivity contribution is 5.83. The molecule has 1 aliphatic heterocycles. The molecule has 2 fully saturated rings. The number of rotatable bonds is 5. The van der Waals surface area contributed by atoms with Gasteiger partial charge in [0.15, 0.2) is 0 Å². The minimum Gasteiger partial charge on any atom is -0.353 e. The van der Waals surface area contributed by atoms with E-state index in [1.165, 1.54) is 29.5 Å². The number of piperidine rings is 1. The van der Waals surface area contributed by atoms with Crippen molar-refractivity contribution in [1.29, 1.82) is 0 Å². The number of carbonyl (C=O) groups is 1. The Labute approximate surface area is 203 Å². The van der Waals surface area contributed by atoms with Crippen LogP contribution in [0.1, 0.15) is 75.0 Å². The van der Waals surface area contributed by atoms with E-state index in [-0.39, 0.29) is 11.8 Å². The van der Waals surface area contributed by atoms with Crippen LogP contribution in [0.25, 0.3) is 16.7 Å². The van der Waals surface area contributed by atoms with Gasteiger partial charge in [0.1, 0.15) is 0 Å². The highest BCUT2D eigenvalue weighted by atomic mass is 16.1. The molecule has 1 amide bonds. The SMILES string of the molecule is Cc1cc2nc(N3CCC(C(=O)NC4CCCC4)CC3)n(-c3ccc(C(C)C)cc3)c2cc1C. The van der Waals surface area contributed by atoms with Crippen molar-refractivity contribution in [1.82, 2.24) is 14.9 Å². The Balaban J connectivity index is 1.42. The summed E-state index contributed by atoms with van der Waals surface area (Å²) in [5, 5.41) is 3.31. The third kappa shape index (κ3) is 4.45. The van der Waals surface area contributed by atoms with E-state index in [4.69, 9.17) is 4.98 Å². The van der Waals surface area contributed by atoms with E-state index < -0.39 is 0 Å². The zero-order valence-corrected chi connectivity index (χ0v) is 21.1. The van der Waals surface area contributed by atoms with E-state index in [0.29, 0.717) is 12.0 Å². The van der Waals surface area contributed by atoms with Gasteiger partial charge in [0, 0.05) is 30.7 Å². The van der Waals surface area contributed by atoms with Gasteiger partial charge in [-0.15, -0.1) is 0 Å². The second-order valence-corrected chi connectivity index (χ2v) is 10.7. The molecular formula is C29H38N4O. The molecule has 2 aromatic carbocycles. The topological polar surface area (TPSA) is 50.2 Å². The molecule has 0 unspecified atom stereocenters. The molecule has 5 nitrogen and oxygen atoms in total. The molecule has 0 spiro atoms. The molecule has 0 bridgehead atoms. The Morgan fingerprint density at radius 3 is 2.26 bits per heavy atom. The molecule has 2 heterocycles. The first-order valence-electron chi connectivity index (χ1n) is 13.1. The van der Waals surface area contributed by atoms with Crippen molar-refractivity contribution in [2.75, 3.05) is 18.0 Å². The molecule has 2 aliphatic rings. The molecule has 0 radical (unpaired) electrons. The van der Waals surface area contributed by atoms with Gasteiger partial charge in [0.05, 0.1) is 11.0 Å². The smallest absolute Gasteiger partial charge is 0.223 e. The van der Waals surface area contributed by atoms with E-state index in [1.54, 1.807) is 0 Å². The van der Waals surface area contributed by atoms with E-state index in [1.807, 2.05) is 0 Å². The Hall–Kier alpha value is -2.82. The first kappa shape index (κ1) is 22.9. The van der Waals surface area contributed by atoms with Gasteiger partial charge in [-0.3, -0.25) is 9.36 Å². The van der Waals surface area contributed by atoms with Crippen molar-refractivity contribution < 1.29 is 4.79 Å². The van der Waals surface area contributed by atoms with Gasteiger partial charge in [-0.25, -0.2) is 4.98 Å². The maximum absolute atomic E-state index is 12.8. The third-order valence-electron chi connectivity index (χ3n) is 7.92. The summed E-state index contributed by atoms with van der Waals surface area (Å²) >= 11 is 0. The summed E-state index contributed by atoms with van der Waals surface area (Å²) in [6, 6.07) is 13.8. The number of amides is 1. The van der Waals surface area contributed by atoms with Crippen LogP contribution in [0.5, 0.6) is 0 Å². The maximum atomic E-state index is 12.8. The molecule has 5 rings (SSSR count). The van der Waals surface area contributed by atoms with E-state index in [2.05, 4.69) is 78.9 Å². The molecule has 1 N–H and O–H groups in total. The highest BCUT2D eigenvalue weighted by Gasteiger charge is 2.29. The molecule has 1 aliphatic carbocycles. The van der Waals surface area contributed by atoms with Gasteiger partial charge in [0.25, 0.3) is 0 Å². The van der Waals surface area contributed by atoms with Gasteiger partial charge < -0.3 is 10.2 Å². The molecule has 1 saturated carbocycles. The van der Waals surface area contributed by atoms with Crippen molar-refractivity contribution in [2.45, 2.75) is 78.2 Å². The molecule has 3 aromatic rings. The van der Waals surface area contributed by atoms with E-state index in [9.17, 15) is 4.79 Å². The Morgan fingerprint density at radius 1 is 0.971 bits per heavy atom. The lowest BCUT2D eigenvalue weighted by Gasteiger charge is -2.33. The molecule has 0 atom stereocenters. The average Bonchev–Trinajstić information content (AvgIpc) is 3.47. The average molecular weight is 459 g/mol. The fourth-order valence-corrected chi connectivity index (χ4v) is 5.53. The van der Waals surface area contributed by atoms with Crippen LogP contribution < -0.4 is 10.2 Å². The van der Waals surface area contributed by atoms with E-state index >= 15 is 0 Å². The number of nitrogens with one attached hydrogen (secondary N) is 1. The largest absolute Gasteiger partial charge is 0.353 e. The van der Waals surface area contributed by atoms with Crippen LogP contribution in [0, 0.1) is 19.8 Å². The quantitative estimate of drug-likeness (QED) is 0.507. The first-order chi connectivity index (χ1) is 16.4. The van der Waals surface area contributed by atoms with Crippen LogP contribution in [-0.2, 0) is 4.79 Å². The minimum atomic E-state index is 0.115. The number of imidazole rings is 1. The van der Waals surface area contributed by atoms with Crippen LogP contribution in [0.15, 0.2) is 36.4 Å². The van der Waals surface area contributed by atoms with Crippen molar-refractivity contribution in [3.63, 3.8) is 0 Å². The maximum Gasteiger partial charge on any atom is 0.223 e. The Morgan fingerprint density at radius 2 is 1.62 bits per heavy atom. The van der Waals surface area contributed by atoms with Crippen LogP contribution in [-0.4, -0.2) is 34.6 Å². The molecule has 34 heavy (non-hydrogen) atoms. The monoisotopic (exact) mass is 458 g/mol. The van der Waals surface area contributed by atoms with Crippen LogP contribution >= 0.6 is 0 Å². The van der Waals surface area contributed by atoms with Crippen LogP contribution in [0.4, 0.5) is 5.95 Å². The first-order valence-corrected chi connectivity index (χ1v) is 13.1. The fourth-order valence-electron chi connectivity index (χ4n) is 5.53. The number of nitrogens with zero attached hydrogens (tertiary/aromatic N) is 3. The standard InChI is InChI=1S/C29H38N4O/c1-19(2)22-9-11-25(12-10-22)33-27-18-21(4)20(3)17-26(27)31-29(33)32-15-13-23(14-16-32)28(34)30-24-7-5-6-8-24/h9-12,17-19,23-24H,5-8,13-16H2,1-4H3,(H,30,34). The lowest BCUT2D eigenvalue weighted by Crippen LogP contribution is -2.43. The fraction of sp³-hybridized carbons (Fsp3) is 0.517. The summed E-state index contributed by atoms with van der Waals surface area (Å²) in [5.41, 5.74) is 7.22. The highest BCUT2D eigenvalue weighted by Crippen LogP contribution is 2.32. The van der Waals surface area contributed by atoms with Gasteiger partial charge in [-0.1, -0.05) is 38.8 Å². The molecule has 5 heteroatoms. The summed E-state index contributed by atoms with van der Waals surface area (Å²) in [7, 11) is 0. The number of anilines is 1.